The Labute approximate surface area is 198 Å². The second-order valence-electron chi connectivity index (χ2n) is 11.3. The van der Waals surface area contributed by atoms with Crippen LogP contribution in [0.2, 0.25) is 0 Å². The second-order valence-corrected chi connectivity index (χ2v) is 11.3. The van der Waals surface area contributed by atoms with Crippen molar-refractivity contribution in [2.24, 2.45) is 34.0 Å². The standard InChI is InChI=1S/C27H30O7/c1-13-10-15(14-7-9-32-12-14)20-19(13)27(4)16(11-18(29)31-5)26(3)17(28)6-8-25(2)22(26)21(23(27)33-20)34-24(25)30/h6-10,12,15-16,19-23H,11H2,1-5H3/t15-,16+,19+,20+,21+,22-,23-,25-,26+,27+/m0/s1. The van der Waals surface area contributed by atoms with Gasteiger partial charge >= 0.3 is 11.9 Å². The van der Waals surface area contributed by atoms with E-state index in [9.17, 15) is 14.4 Å². The normalized spacial score (nSPS) is 48.1. The Balaban J connectivity index is 1.55. The van der Waals surface area contributed by atoms with Gasteiger partial charge in [-0.3, -0.25) is 14.4 Å². The molecule has 0 amide bonds. The molecule has 1 aromatic rings. The number of esters is 2. The van der Waals surface area contributed by atoms with Crippen LogP contribution in [0.4, 0.5) is 0 Å². The molecule has 1 aromatic heterocycles. The van der Waals surface area contributed by atoms with E-state index in [1.807, 2.05) is 19.9 Å². The zero-order valence-electron chi connectivity index (χ0n) is 20.1. The third-order valence-corrected chi connectivity index (χ3v) is 9.92. The van der Waals surface area contributed by atoms with Crippen molar-refractivity contribution in [3.8, 4) is 0 Å². The fourth-order valence-corrected chi connectivity index (χ4v) is 8.50. The number of fused-ring (bicyclic) bond motifs is 4. The molecule has 2 aliphatic heterocycles. The molecule has 6 rings (SSSR count). The molecule has 3 fully saturated rings. The first-order chi connectivity index (χ1) is 16.1. The minimum absolute atomic E-state index is 0.0166. The summed E-state index contributed by atoms with van der Waals surface area (Å²) in [6, 6.07) is 1.94. The summed E-state index contributed by atoms with van der Waals surface area (Å²) >= 11 is 0. The Morgan fingerprint density at radius 2 is 1.94 bits per heavy atom. The Bertz CT molecular complexity index is 1150. The van der Waals surface area contributed by atoms with Crippen LogP contribution in [-0.4, -0.2) is 43.1 Å². The minimum Gasteiger partial charge on any atom is -0.472 e. The molecule has 3 aliphatic carbocycles. The van der Waals surface area contributed by atoms with E-state index in [-0.39, 0.29) is 42.1 Å². The maximum atomic E-state index is 13.7. The molecule has 3 heterocycles. The lowest BCUT2D eigenvalue weighted by Crippen LogP contribution is -2.67. The molecule has 0 N–H and O–H groups in total. The van der Waals surface area contributed by atoms with Gasteiger partial charge in [-0.25, -0.2) is 0 Å². The second kappa shape index (κ2) is 6.72. The fourth-order valence-electron chi connectivity index (χ4n) is 8.50. The minimum atomic E-state index is -0.980. The predicted octanol–water partition coefficient (Wildman–Crippen LogP) is 3.60. The summed E-state index contributed by atoms with van der Waals surface area (Å²) in [4.78, 5) is 39.7. The highest BCUT2D eigenvalue weighted by atomic mass is 16.6. The molecule has 34 heavy (non-hydrogen) atoms. The van der Waals surface area contributed by atoms with Crippen molar-refractivity contribution in [2.75, 3.05) is 7.11 Å². The fraction of sp³-hybridized carbons (Fsp3) is 0.593. The average Bonchev–Trinajstić information content (AvgIpc) is 3.55. The number of hydrogen-bond donors (Lipinski definition) is 0. The van der Waals surface area contributed by atoms with Gasteiger partial charge in [0.1, 0.15) is 12.2 Å². The van der Waals surface area contributed by atoms with Crippen LogP contribution in [0.3, 0.4) is 0 Å². The van der Waals surface area contributed by atoms with Gasteiger partial charge in [0.2, 0.25) is 0 Å². The summed E-state index contributed by atoms with van der Waals surface area (Å²) < 4.78 is 23.4. The number of allylic oxidation sites excluding steroid dienone is 1. The number of rotatable bonds is 3. The summed E-state index contributed by atoms with van der Waals surface area (Å²) in [6.45, 7) is 7.96. The summed E-state index contributed by atoms with van der Waals surface area (Å²) in [5, 5.41) is 0. The van der Waals surface area contributed by atoms with Gasteiger partial charge in [0, 0.05) is 35.0 Å². The lowest BCUT2D eigenvalue weighted by atomic mass is 9.41. The number of carbonyl (C=O) groups excluding carboxylic acids is 3. The highest BCUT2D eigenvalue weighted by Gasteiger charge is 2.78. The highest BCUT2D eigenvalue weighted by Crippen LogP contribution is 2.72. The zero-order chi connectivity index (χ0) is 24.2. The summed E-state index contributed by atoms with van der Waals surface area (Å²) in [5.74, 6) is -1.65. The molecule has 7 nitrogen and oxygen atoms in total. The molecule has 7 heteroatoms. The van der Waals surface area contributed by atoms with E-state index in [2.05, 4.69) is 19.9 Å². The van der Waals surface area contributed by atoms with Gasteiger partial charge in [0.15, 0.2) is 5.78 Å². The van der Waals surface area contributed by atoms with Crippen molar-refractivity contribution in [2.45, 2.75) is 58.3 Å². The quantitative estimate of drug-likeness (QED) is 0.496. The Morgan fingerprint density at radius 3 is 2.62 bits per heavy atom. The van der Waals surface area contributed by atoms with Crippen LogP contribution < -0.4 is 0 Å². The van der Waals surface area contributed by atoms with E-state index in [0.717, 1.165) is 11.1 Å². The molecule has 180 valence electrons. The van der Waals surface area contributed by atoms with Crippen LogP contribution in [0.1, 0.15) is 45.6 Å². The molecule has 1 saturated carbocycles. The molecule has 10 atom stereocenters. The third-order valence-electron chi connectivity index (χ3n) is 9.92. The van der Waals surface area contributed by atoms with Crippen molar-refractivity contribution >= 4 is 17.7 Å². The van der Waals surface area contributed by atoms with E-state index in [1.165, 1.54) is 13.2 Å². The number of carbonyl (C=O) groups is 3. The van der Waals surface area contributed by atoms with Gasteiger partial charge in [0.05, 0.1) is 31.2 Å². The first-order valence-electron chi connectivity index (χ1n) is 12.0. The van der Waals surface area contributed by atoms with Gasteiger partial charge in [-0.2, -0.15) is 0 Å². The maximum absolute atomic E-state index is 13.7. The first-order valence-corrected chi connectivity index (χ1v) is 12.0. The van der Waals surface area contributed by atoms with Gasteiger partial charge in [-0.05, 0) is 37.5 Å². The molecule has 0 bridgehead atoms. The Kier molecular flexibility index (Phi) is 4.31. The summed E-state index contributed by atoms with van der Waals surface area (Å²) in [5.41, 5.74) is -0.372. The van der Waals surface area contributed by atoms with Crippen LogP contribution in [-0.2, 0) is 28.6 Å². The summed E-state index contributed by atoms with van der Waals surface area (Å²) in [7, 11) is 1.37. The topological polar surface area (TPSA) is 92.0 Å². The largest absolute Gasteiger partial charge is 0.472 e. The number of furan rings is 1. The van der Waals surface area contributed by atoms with E-state index in [0.29, 0.717) is 0 Å². The van der Waals surface area contributed by atoms with Gasteiger partial charge < -0.3 is 18.6 Å². The highest BCUT2D eigenvalue weighted by molar-refractivity contribution is 6.00. The van der Waals surface area contributed by atoms with Gasteiger partial charge in [-0.1, -0.05) is 31.6 Å². The van der Waals surface area contributed by atoms with Gasteiger partial charge in [-0.15, -0.1) is 0 Å². The van der Waals surface area contributed by atoms with Crippen molar-refractivity contribution in [1.82, 2.24) is 0 Å². The molecule has 0 unspecified atom stereocenters. The lowest BCUT2D eigenvalue weighted by Gasteiger charge is -2.60. The number of ketones is 1. The van der Waals surface area contributed by atoms with Crippen molar-refractivity contribution in [3.05, 3.63) is 48.0 Å². The predicted molar refractivity (Wildman–Crippen MR) is 119 cm³/mol. The molecule has 0 radical (unpaired) electrons. The van der Waals surface area contributed by atoms with E-state index >= 15 is 0 Å². The van der Waals surface area contributed by atoms with E-state index < -0.39 is 40.3 Å². The van der Waals surface area contributed by atoms with E-state index in [4.69, 9.17) is 18.6 Å². The van der Waals surface area contributed by atoms with Crippen LogP contribution in [0.25, 0.3) is 0 Å². The zero-order valence-corrected chi connectivity index (χ0v) is 20.1. The van der Waals surface area contributed by atoms with Crippen LogP contribution in [0.5, 0.6) is 0 Å². The van der Waals surface area contributed by atoms with Crippen molar-refractivity contribution in [3.63, 3.8) is 0 Å². The molecule has 2 saturated heterocycles. The number of ether oxygens (including phenoxy) is 3. The Hall–Kier alpha value is -2.67. The lowest BCUT2D eigenvalue weighted by molar-refractivity contribution is -0.194. The van der Waals surface area contributed by atoms with Crippen molar-refractivity contribution < 1.29 is 33.0 Å². The Morgan fingerprint density at radius 1 is 1.18 bits per heavy atom. The molecule has 0 aromatic carbocycles. The monoisotopic (exact) mass is 466 g/mol. The molecular weight excluding hydrogens is 436 g/mol. The third kappa shape index (κ3) is 2.34. The number of methoxy groups -OCH3 is 1. The first kappa shape index (κ1) is 21.8. The van der Waals surface area contributed by atoms with Crippen LogP contribution in [0.15, 0.2) is 46.8 Å². The average molecular weight is 467 g/mol. The van der Waals surface area contributed by atoms with Crippen LogP contribution >= 0.6 is 0 Å². The van der Waals surface area contributed by atoms with E-state index in [1.54, 1.807) is 18.6 Å². The molecule has 0 spiro atoms. The summed E-state index contributed by atoms with van der Waals surface area (Å²) in [6.07, 6.45) is 7.66. The maximum Gasteiger partial charge on any atom is 0.316 e. The number of hydrogen-bond acceptors (Lipinski definition) is 7. The SMILES string of the molecule is COC(=O)C[C@@H]1[C@]2(C)C(=O)C=C[C@]3(C)C(=O)O[C@H]([C@H]23)[C@@H]2O[C@H]3[C@@H](C(C)=C[C@H]3c3ccoc3)[C@@]12C. The van der Waals surface area contributed by atoms with Crippen LogP contribution in [0, 0.1) is 34.0 Å². The van der Waals surface area contributed by atoms with Crippen molar-refractivity contribution in [1.29, 1.82) is 0 Å². The van der Waals surface area contributed by atoms with Gasteiger partial charge in [0.25, 0.3) is 0 Å². The molecule has 5 aliphatic rings. The molecular formula is C27H30O7. The smallest absolute Gasteiger partial charge is 0.316 e.